The lowest BCUT2D eigenvalue weighted by Gasteiger charge is -2.15. The van der Waals surface area contributed by atoms with Crippen LogP contribution in [0.4, 0.5) is 0 Å². The average molecular weight is 225 g/mol. The first kappa shape index (κ1) is 12.6. The molecule has 15 heavy (non-hydrogen) atoms. The molecule has 0 fully saturated rings. The zero-order valence-electron chi connectivity index (χ0n) is 9.31. The fourth-order valence-electron chi connectivity index (χ4n) is 1.57. The Hall–Kier alpha value is -0.510. The van der Waals surface area contributed by atoms with E-state index in [1.807, 2.05) is 0 Å². The van der Waals surface area contributed by atoms with E-state index in [1.165, 1.54) is 10.5 Å². The molecule has 0 amide bonds. The Bertz CT molecular complexity index is 286. The second kappa shape index (κ2) is 6.16. The van der Waals surface area contributed by atoms with Gasteiger partial charge in [-0.3, -0.25) is 0 Å². The van der Waals surface area contributed by atoms with Crippen LogP contribution in [0.2, 0.25) is 0 Å². The van der Waals surface area contributed by atoms with Gasteiger partial charge in [0.25, 0.3) is 0 Å². The summed E-state index contributed by atoms with van der Waals surface area (Å²) >= 11 is 1.74. The van der Waals surface area contributed by atoms with E-state index in [-0.39, 0.29) is 6.10 Å². The lowest BCUT2D eigenvalue weighted by molar-refractivity contribution is 0.165. The fourth-order valence-corrected chi connectivity index (χ4v) is 1.98. The molecule has 1 aromatic carbocycles. The van der Waals surface area contributed by atoms with Crippen LogP contribution in [-0.4, -0.2) is 24.0 Å². The number of nitrogens with two attached hydrogens (primary N) is 1. The number of aliphatic hydroxyl groups is 1. The van der Waals surface area contributed by atoms with Crippen LogP contribution in [0, 0.1) is 0 Å². The van der Waals surface area contributed by atoms with Gasteiger partial charge in [0.15, 0.2) is 0 Å². The van der Waals surface area contributed by atoms with Crippen molar-refractivity contribution < 1.29 is 5.11 Å². The maximum Gasteiger partial charge on any atom is 0.0668 e. The zero-order chi connectivity index (χ0) is 11.3. The molecule has 2 nitrogen and oxygen atoms in total. The highest BCUT2D eigenvalue weighted by atomic mass is 32.2. The molecule has 2 atom stereocenters. The van der Waals surface area contributed by atoms with Crippen molar-refractivity contribution in [1.29, 1.82) is 0 Å². The van der Waals surface area contributed by atoms with Crippen LogP contribution < -0.4 is 5.73 Å². The lowest BCUT2D eigenvalue weighted by atomic mass is 9.95. The molecule has 0 heterocycles. The van der Waals surface area contributed by atoms with Gasteiger partial charge >= 0.3 is 0 Å². The monoisotopic (exact) mass is 225 g/mol. The van der Waals surface area contributed by atoms with Crippen molar-refractivity contribution in [2.75, 3.05) is 12.8 Å². The fraction of sp³-hybridized carbons (Fsp3) is 0.500. The molecule has 0 aliphatic rings. The summed E-state index contributed by atoms with van der Waals surface area (Å²) in [6, 6.07) is 8.48. The molecule has 0 aliphatic heterocycles. The van der Waals surface area contributed by atoms with Crippen LogP contribution in [0.3, 0.4) is 0 Å². The smallest absolute Gasteiger partial charge is 0.0668 e. The molecule has 0 saturated heterocycles. The van der Waals surface area contributed by atoms with Crippen molar-refractivity contribution in [3.63, 3.8) is 0 Å². The first-order valence-corrected chi connectivity index (χ1v) is 6.42. The molecule has 0 saturated carbocycles. The highest BCUT2D eigenvalue weighted by molar-refractivity contribution is 7.98. The summed E-state index contributed by atoms with van der Waals surface area (Å²) in [5.74, 6) is 0.361. The average Bonchev–Trinajstić information content (AvgIpc) is 2.29. The zero-order valence-corrected chi connectivity index (χ0v) is 10.1. The first-order chi connectivity index (χ1) is 7.17. The van der Waals surface area contributed by atoms with Gasteiger partial charge in [-0.05, 0) is 36.3 Å². The number of hydrogen-bond donors (Lipinski definition) is 2. The van der Waals surface area contributed by atoms with Crippen LogP contribution in [0.25, 0.3) is 0 Å². The topological polar surface area (TPSA) is 46.2 Å². The van der Waals surface area contributed by atoms with Crippen LogP contribution in [0.5, 0.6) is 0 Å². The highest BCUT2D eigenvalue weighted by Crippen LogP contribution is 2.23. The third-order valence-corrected chi connectivity index (χ3v) is 3.33. The van der Waals surface area contributed by atoms with Crippen molar-refractivity contribution in [2.45, 2.75) is 30.3 Å². The largest absolute Gasteiger partial charge is 0.392 e. The molecule has 3 N–H and O–H groups in total. The Morgan fingerprint density at radius 3 is 2.40 bits per heavy atom. The van der Waals surface area contributed by atoms with E-state index in [4.69, 9.17) is 5.73 Å². The van der Waals surface area contributed by atoms with E-state index in [9.17, 15) is 5.11 Å². The summed E-state index contributed by atoms with van der Waals surface area (Å²) in [7, 11) is 0. The maximum absolute atomic E-state index is 9.46. The first-order valence-electron chi connectivity index (χ1n) is 5.19. The van der Waals surface area contributed by atoms with Crippen LogP contribution in [-0.2, 0) is 0 Å². The quantitative estimate of drug-likeness (QED) is 0.755. The second-order valence-electron chi connectivity index (χ2n) is 3.80. The Balaban J connectivity index is 2.61. The van der Waals surface area contributed by atoms with Crippen molar-refractivity contribution in [3.8, 4) is 0 Å². The van der Waals surface area contributed by atoms with Gasteiger partial charge in [-0.15, -0.1) is 11.8 Å². The van der Waals surface area contributed by atoms with Crippen LogP contribution in [0.1, 0.15) is 24.8 Å². The SMILES string of the molecule is CSc1ccc(C(C)CC(O)CN)cc1. The molecule has 0 radical (unpaired) electrons. The molecular formula is C12H19NOS. The molecule has 0 aromatic heterocycles. The van der Waals surface area contributed by atoms with Gasteiger partial charge in [0.05, 0.1) is 6.10 Å². The Kier molecular flexibility index (Phi) is 5.15. The van der Waals surface area contributed by atoms with Crippen molar-refractivity contribution >= 4 is 11.8 Å². The lowest BCUT2D eigenvalue weighted by Crippen LogP contribution is -2.21. The normalized spacial score (nSPS) is 14.9. The molecule has 0 aliphatic carbocycles. The van der Waals surface area contributed by atoms with Gasteiger partial charge in [0.2, 0.25) is 0 Å². The van der Waals surface area contributed by atoms with E-state index in [0.29, 0.717) is 12.5 Å². The Labute approximate surface area is 95.9 Å². The van der Waals surface area contributed by atoms with Gasteiger partial charge in [-0.25, -0.2) is 0 Å². The van der Waals surface area contributed by atoms with Crippen LogP contribution in [0.15, 0.2) is 29.2 Å². The van der Waals surface area contributed by atoms with Gasteiger partial charge in [-0.2, -0.15) is 0 Å². The summed E-state index contributed by atoms with van der Waals surface area (Å²) in [5.41, 5.74) is 6.65. The predicted molar refractivity (Wildman–Crippen MR) is 66.3 cm³/mol. The standard InChI is InChI=1S/C12H19NOS/c1-9(7-11(14)8-13)10-3-5-12(15-2)6-4-10/h3-6,9,11,14H,7-8,13H2,1-2H3. The Morgan fingerprint density at radius 2 is 1.93 bits per heavy atom. The van der Waals surface area contributed by atoms with Gasteiger partial charge in [0, 0.05) is 11.4 Å². The molecule has 3 heteroatoms. The number of hydrogen-bond acceptors (Lipinski definition) is 3. The van der Waals surface area contributed by atoms with Crippen LogP contribution >= 0.6 is 11.8 Å². The molecule has 1 rings (SSSR count). The third kappa shape index (κ3) is 3.86. The number of thioether (sulfide) groups is 1. The molecular weight excluding hydrogens is 206 g/mol. The second-order valence-corrected chi connectivity index (χ2v) is 4.68. The number of benzene rings is 1. The van der Waals surface area contributed by atoms with Crippen molar-refractivity contribution in [1.82, 2.24) is 0 Å². The molecule has 0 spiro atoms. The summed E-state index contributed by atoms with van der Waals surface area (Å²) in [4.78, 5) is 1.27. The molecule has 1 aromatic rings. The van der Waals surface area contributed by atoms with Gasteiger partial charge in [-0.1, -0.05) is 19.1 Å². The summed E-state index contributed by atoms with van der Waals surface area (Å²) in [6.45, 7) is 2.46. The van der Waals surface area contributed by atoms with Crippen molar-refractivity contribution in [2.24, 2.45) is 5.73 Å². The number of rotatable bonds is 5. The summed E-state index contributed by atoms with van der Waals surface area (Å²) in [5, 5.41) is 9.46. The summed E-state index contributed by atoms with van der Waals surface area (Å²) in [6.07, 6.45) is 2.41. The molecule has 84 valence electrons. The minimum atomic E-state index is -0.389. The third-order valence-electron chi connectivity index (χ3n) is 2.58. The van der Waals surface area contributed by atoms with E-state index in [0.717, 1.165) is 6.42 Å². The Morgan fingerprint density at radius 1 is 1.33 bits per heavy atom. The van der Waals surface area contributed by atoms with E-state index < -0.39 is 0 Å². The minimum Gasteiger partial charge on any atom is -0.392 e. The van der Waals surface area contributed by atoms with E-state index in [1.54, 1.807) is 11.8 Å². The molecule has 2 unspecified atom stereocenters. The highest BCUT2D eigenvalue weighted by Gasteiger charge is 2.10. The number of aliphatic hydroxyl groups excluding tert-OH is 1. The minimum absolute atomic E-state index is 0.341. The van der Waals surface area contributed by atoms with Gasteiger partial charge in [0.1, 0.15) is 0 Å². The predicted octanol–water partition coefficient (Wildman–Crippen LogP) is 2.22. The van der Waals surface area contributed by atoms with E-state index in [2.05, 4.69) is 37.4 Å². The maximum atomic E-state index is 9.46. The van der Waals surface area contributed by atoms with Crippen molar-refractivity contribution in [3.05, 3.63) is 29.8 Å². The summed E-state index contributed by atoms with van der Waals surface area (Å²) < 4.78 is 0. The molecule has 0 bridgehead atoms. The van der Waals surface area contributed by atoms with E-state index >= 15 is 0 Å². The van der Waals surface area contributed by atoms with Gasteiger partial charge < -0.3 is 10.8 Å².